The molecule has 0 spiro atoms. The number of rotatable bonds is 6. The lowest BCUT2D eigenvalue weighted by atomic mass is 10.2. The molecule has 4 aromatic rings. The van der Waals surface area contributed by atoms with Gasteiger partial charge in [-0.15, -0.1) is 10.2 Å². The topological polar surface area (TPSA) is 70.2 Å². The maximum absolute atomic E-state index is 4.65. The first kappa shape index (κ1) is 20.3. The molecule has 0 radical (unpaired) electrons. The zero-order chi connectivity index (χ0) is 21.6. The van der Waals surface area contributed by atoms with Crippen LogP contribution in [0.3, 0.4) is 0 Å². The second-order valence-electron chi connectivity index (χ2n) is 7.38. The van der Waals surface area contributed by atoms with E-state index in [1.807, 2.05) is 85.7 Å². The molecule has 0 unspecified atom stereocenters. The largest absolute Gasteiger partial charge is 0.378 e. The van der Waals surface area contributed by atoms with Gasteiger partial charge >= 0.3 is 0 Å². The highest BCUT2D eigenvalue weighted by Gasteiger charge is 2.10. The van der Waals surface area contributed by atoms with Crippen molar-refractivity contribution < 1.29 is 0 Å². The zero-order valence-corrected chi connectivity index (χ0v) is 17.9. The Bertz CT molecular complexity index is 1210. The molecule has 0 aliphatic heterocycles. The van der Waals surface area contributed by atoms with E-state index < -0.39 is 0 Å². The molecule has 7 nitrogen and oxygen atoms in total. The molecule has 1 N–H and O–H groups in total. The number of hydrogen-bond donors (Lipinski definition) is 1. The number of nitrogens with one attached hydrogen (secondary N) is 1. The molecule has 0 amide bonds. The smallest absolute Gasteiger partial charge is 0.250 e. The highest BCUT2D eigenvalue weighted by atomic mass is 15.3. The first-order valence-electron chi connectivity index (χ1n) is 10.1. The minimum atomic E-state index is 0.509. The third-order valence-corrected chi connectivity index (χ3v) is 4.83. The average Bonchev–Trinajstić information content (AvgIpc) is 3.14. The normalized spacial score (nSPS) is 11.9. The maximum atomic E-state index is 4.65. The van der Waals surface area contributed by atoms with Crippen LogP contribution in [0.15, 0.2) is 94.2 Å². The summed E-state index contributed by atoms with van der Waals surface area (Å²) in [7, 11) is 4.02. The summed E-state index contributed by atoms with van der Waals surface area (Å²) in [5.74, 6) is 1.06. The Hall–Kier alpha value is -4.00. The standard InChI is InChI=1S/C24H25N7/c1-18(26-28-20-13-15-21(16-14-20)30(2)3)27-29-24-25-22-11-7-8-12-23(22)31(24)17-19-9-5-4-6-10-19/h4-16,28H,17H2,1-3H3/b26-18+,29-27?. The maximum Gasteiger partial charge on any atom is 0.250 e. The molecule has 31 heavy (non-hydrogen) atoms. The van der Waals surface area contributed by atoms with Crippen LogP contribution in [0, 0.1) is 0 Å². The number of imidazole rings is 1. The fourth-order valence-corrected chi connectivity index (χ4v) is 3.18. The molecule has 0 bridgehead atoms. The number of amidine groups is 1. The van der Waals surface area contributed by atoms with Crippen LogP contribution in [-0.2, 0) is 6.54 Å². The Morgan fingerprint density at radius 2 is 1.65 bits per heavy atom. The number of hydrazone groups is 1. The fraction of sp³-hybridized carbons (Fsp3) is 0.167. The molecule has 156 valence electrons. The van der Waals surface area contributed by atoms with Gasteiger partial charge in [0.25, 0.3) is 5.95 Å². The minimum absolute atomic E-state index is 0.509. The number of aromatic nitrogens is 2. The number of nitrogens with zero attached hydrogens (tertiary/aromatic N) is 6. The van der Waals surface area contributed by atoms with Crippen molar-refractivity contribution in [3.05, 3.63) is 84.4 Å². The fourth-order valence-electron chi connectivity index (χ4n) is 3.18. The third kappa shape index (κ3) is 4.95. The van der Waals surface area contributed by atoms with Crippen LogP contribution in [0.1, 0.15) is 12.5 Å². The number of benzene rings is 3. The SMILES string of the molecule is C/C(N=Nc1nc2ccccc2n1Cc1ccccc1)=N\Nc1ccc(N(C)C)cc1. The summed E-state index contributed by atoms with van der Waals surface area (Å²) in [5.41, 5.74) is 8.12. The van der Waals surface area contributed by atoms with E-state index in [-0.39, 0.29) is 0 Å². The second-order valence-corrected chi connectivity index (χ2v) is 7.38. The molecule has 0 aliphatic carbocycles. The number of anilines is 2. The number of hydrogen-bond acceptors (Lipinski definition) is 5. The van der Waals surface area contributed by atoms with Crippen molar-refractivity contribution in [2.45, 2.75) is 13.5 Å². The predicted molar refractivity (Wildman–Crippen MR) is 127 cm³/mol. The summed E-state index contributed by atoms with van der Waals surface area (Å²) in [6.45, 7) is 2.47. The van der Waals surface area contributed by atoms with Crippen LogP contribution in [-0.4, -0.2) is 29.5 Å². The van der Waals surface area contributed by atoms with Gasteiger partial charge in [-0.1, -0.05) is 42.5 Å². The number of para-hydroxylation sites is 2. The first-order valence-corrected chi connectivity index (χ1v) is 10.1. The van der Waals surface area contributed by atoms with Crippen LogP contribution in [0.25, 0.3) is 11.0 Å². The van der Waals surface area contributed by atoms with E-state index in [4.69, 9.17) is 0 Å². The van der Waals surface area contributed by atoms with E-state index in [1.165, 1.54) is 5.56 Å². The van der Waals surface area contributed by atoms with E-state index in [0.717, 1.165) is 22.4 Å². The molecule has 1 heterocycles. The average molecular weight is 412 g/mol. The Labute approximate surface area is 181 Å². The van der Waals surface area contributed by atoms with Gasteiger partial charge in [-0.05, 0) is 48.9 Å². The molecule has 0 saturated carbocycles. The second kappa shape index (κ2) is 9.21. The first-order chi connectivity index (χ1) is 15.1. The van der Waals surface area contributed by atoms with Crippen molar-refractivity contribution in [1.82, 2.24) is 9.55 Å². The summed E-state index contributed by atoms with van der Waals surface area (Å²) in [5, 5.41) is 13.0. The van der Waals surface area contributed by atoms with E-state index in [2.05, 4.69) is 42.4 Å². The van der Waals surface area contributed by atoms with Gasteiger partial charge in [-0.3, -0.25) is 5.43 Å². The summed E-state index contributed by atoms with van der Waals surface area (Å²) in [6, 6.07) is 26.3. The van der Waals surface area contributed by atoms with Crippen LogP contribution in [0.5, 0.6) is 0 Å². The molecule has 4 rings (SSSR count). The molecule has 1 aromatic heterocycles. The van der Waals surface area contributed by atoms with Crippen molar-refractivity contribution in [3.8, 4) is 0 Å². The molecule has 3 aromatic carbocycles. The lowest BCUT2D eigenvalue weighted by Gasteiger charge is -2.12. The Morgan fingerprint density at radius 3 is 2.39 bits per heavy atom. The van der Waals surface area contributed by atoms with E-state index in [9.17, 15) is 0 Å². The van der Waals surface area contributed by atoms with Crippen molar-refractivity contribution in [1.29, 1.82) is 0 Å². The number of fused-ring (bicyclic) bond motifs is 1. The van der Waals surface area contributed by atoms with Crippen molar-refractivity contribution in [2.75, 3.05) is 24.4 Å². The van der Waals surface area contributed by atoms with Gasteiger partial charge in [-0.25, -0.2) is 4.98 Å². The van der Waals surface area contributed by atoms with Crippen LogP contribution >= 0.6 is 0 Å². The van der Waals surface area contributed by atoms with E-state index >= 15 is 0 Å². The van der Waals surface area contributed by atoms with Gasteiger partial charge in [0, 0.05) is 19.8 Å². The summed E-state index contributed by atoms with van der Waals surface area (Å²) in [4.78, 5) is 6.70. The lowest BCUT2D eigenvalue weighted by molar-refractivity contribution is 0.817. The van der Waals surface area contributed by atoms with Crippen molar-refractivity contribution in [2.24, 2.45) is 15.3 Å². The van der Waals surface area contributed by atoms with E-state index in [1.54, 1.807) is 6.92 Å². The molecule has 0 saturated heterocycles. The molecule has 0 fully saturated rings. The third-order valence-electron chi connectivity index (χ3n) is 4.83. The van der Waals surface area contributed by atoms with Gasteiger partial charge < -0.3 is 9.47 Å². The monoisotopic (exact) mass is 411 g/mol. The molecule has 0 aliphatic rings. The summed E-state index contributed by atoms with van der Waals surface area (Å²) < 4.78 is 2.06. The van der Waals surface area contributed by atoms with Crippen LogP contribution in [0.2, 0.25) is 0 Å². The van der Waals surface area contributed by atoms with Gasteiger partial charge in [0.15, 0.2) is 5.84 Å². The van der Waals surface area contributed by atoms with Crippen molar-refractivity contribution >= 4 is 34.2 Å². The minimum Gasteiger partial charge on any atom is -0.378 e. The molecular weight excluding hydrogens is 386 g/mol. The lowest BCUT2D eigenvalue weighted by Crippen LogP contribution is -2.08. The molecule has 0 atom stereocenters. The quantitative estimate of drug-likeness (QED) is 0.192. The van der Waals surface area contributed by atoms with Crippen molar-refractivity contribution in [3.63, 3.8) is 0 Å². The van der Waals surface area contributed by atoms with Gasteiger partial charge in [0.2, 0.25) is 0 Å². The number of azo groups is 1. The highest BCUT2D eigenvalue weighted by Crippen LogP contribution is 2.23. The zero-order valence-electron chi connectivity index (χ0n) is 17.9. The predicted octanol–water partition coefficient (Wildman–Crippen LogP) is 5.68. The molecular formula is C24H25N7. The van der Waals surface area contributed by atoms with Gasteiger partial charge in [0.05, 0.1) is 23.3 Å². The Kier molecular flexibility index (Phi) is 6.03. The summed E-state index contributed by atoms with van der Waals surface area (Å²) in [6.07, 6.45) is 0. The van der Waals surface area contributed by atoms with Crippen LogP contribution in [0.4, 0.5) is 17.3 Å². The van der Waals surface area contributed by atoms with Gasteiger partial charge in [0.1, 0.15) is 0 Å². The Balaban J connectivity index is 1.54. The van der Waals surface area contributed by atoms with Crippen LogP contribution < -0.4 is 10.3 Å². The highest BCUT2D eigenvalue weighted by molar-refractivity contribution is 5.81. The van der Waals surface area contributed by atoms with E-state index in [0.29, 0.717) is 18.3 Å². The Morgan fingerprint density at radius 1 is 0.935 bits per heavy atom. The van der Waals surface area contributed by atoms with Gasteiger partial charge in [-0.2, -0.15) is 5.10 Å². The summed E-state index contributed by atoms with van der Waals surface area (Å²) >= 11 is 0. The molecule has 7 heteroatoms.